The Morgan fingerprint density at radius 3 is 2.95 bits per heavy atom. The molecule has 1 unspecified atom stereocenters. The third-order valence-corrected chi connectivity index (χ3v) is 3.78. The average Bonchev–Trinajstić information content (AvgIpc) is 2.69. The van der Waals surface area contributed by atoms with Gasteiger partial charge in [0, 0.05) is 23.5 Å². The van der Waals surface area contributed by atoms with Crippen LogP contribution in [-0.2, 0) is 4.79 Å². The highest BCUT2D eigenvalue weighted by molar-refractivity contribution is 9.10. The summed E-state index contributed by atoms with van der Waals surface area (Å²) < 4.78 is 6.58. The zero-order chi connectivity index (χ0) is 14.3. The Labute approximate surface area is 124 Å². The molecule has 0 spiro atoms. The minimum Gasteiger partial charge on any atom is -0.454 e. The molecule has 1 atom stereocenters. The van der Waals surface area contributed by atoms with Crippen molar-refractivity contribution >= 4 is 27.5 Å². The Balaban J connectivity index is 1.99. The molecular weight excluding hydrogens is 322 g/mol. The van der Waals surface area contributed by atoms with Gasteiger partial charge >= 0.3 is 0 Å². The number of hydrogen-bond acceptors (Lipinski definition) is 4. The summed E-state index contributed by atoms with van der Waals surface area (Å²) >= 11 is 3.44. The van der Waals surface area contributed by atoms with Crippen LogP contribution in [0.1, 0.15) is 17.3 Å². The van der Waals surface area contributed by atoms with Crippen LogP contribution in [0.25, 0.3) is 0 Å². The van der Waals surface area contributed by atoms with Gasteiger partial charge in [0.05, 0.1) is 10.2 Å². The molecule has 0 saturated carbocycles. The first kappa shape index (κ1) is 13.1. The van der Waals surface area contributed by atoms with E-state index >= 15 is 0 Å². The second-order valence-electron chi connectivity index (χ2n) is 4.53. The molecule has 3 N–H and O–H groups in total. The van der Waals surface area contributed by atoms with E-state index in [2.05, 4.69) is 26.2 Å². The van der Waals surface area contributed by atoms with E-state index in [1.165, 1.54) is 0 Å². The van der Waals surface area contributed by atoms with Crippen LogP contribution in [-0.4, -0.2) is 10.9 Å². The van der Waals surface area contributed by atoms with Gasteiger partial charge in [0.2, 0.25) is 5.91 Å². The number of rotatable bonds is 2. The second kappa shape index (κ2) is 4.88. The van der Waals surface area contributed by atoms with Crippen LogP contribution in [0.15, 0.2) is 34.9 Å². The maximum atomic E-state index is 11.6. The number of benzene rings is 1. The summed E-state index contributed by atoms with van der Waals surface area (Å²) in [5, 5.41) is 2.73. The lowest BCUT2D eigenvalue weighted by Crippen LogP contribution is -2.19. The smallest absolute Gasteiger partial charge is 0.245 e. The molecule has 0 fully saturated rings. The van der Waals surface area contributed by atoms with Crippen molar-refractivity contribution in [2.24, 2.45) is 5.73 Å². The molecule has 3 rings (SSSR count). The van der Waals surface area contributed by atoms with Crippen LogP contribution in [0.5, 0.6) is 11.5 Å². The molecule has 0 aliphatic carbocycles. The first-order valence-electron chi connectivity index (χ1n) is 6.05. The van der Waals surface area contributed by atoms with Crippen molar-refractivity contribution in [3.8, 4) is 11.5 Å². The topological polar surface area (TPSA) is 77.2 Å². The molecular formula is C14H12BrN3O2. The molecule has 5 nitrogen and oxygen atoms in total. The highest BCUT2D eigenvalue weighted by Gasteiger charge is 2.28. The predicted molar refractivity (Wildman–Crippen MR) is 78.7 cm³/mol. The average molecular weight is 334 g/mol. The number of fused-ring (bicyclic) bond motifs is 1. The maximum absolute atomic E-state index is 11.6. The molecule has 20 heavy (non-hydrogen) atoms. The zero-order valence-electron chi connectivity index (χ0n) is 10.7. The number of anilines is 1. The molecule has 1 aliphatic heterocycles. The van der Waals surface area contributed by atoms with Gasteiger partial charge in [-0.25, -0.2) is 0 Å². The van der Waals surface area contributed by atoms with Gasteiger partial charge in [0.15, 0.2) is 0 Å². The predicted octanol–water partition coefficient (Wildman–Crippen LogP) is 2.90. The van der Waals surface area contributed by atoms with Gasteiger partial charge in [-0.1, -0.05) is 0 Å². The molecule has 0 bridgehead atoms. The number of aromatic nitrogens is 1. The molecule has 2 heterocycles. The number of hydrogen-bond donors (Lipinski definition) is 2. The van der Waals surface area contributed by atoms with Crippen LogP contribution in [0, 0.1) is 6.92 Å². The first-order valence-corrected chi connectivity index (χ1v) is 6.85. The Kier molecular flexibility index (Phi) is 3.19. The Morgan fingerprint density at radius 2 is 2.20 bits per heavy atom. The van der Waals surface area contributed by atoms with Crippen molar-refractivity contribution in [3.05, 3.63) is 46.2 Å². The monoisotopic (exact) mass is 333 g/mol. The third kappa shape index (κ3) is 2.17. The lowest BCUT2D eigenvalue weighted by molar-refractivity contribution is -0.116. The van der Waals surface area contributed by atoms with E-state index in [9.17, 15) is 4.79 Å². The summed E-state index contributed by atoms with van der Waals surface area (Å²) in [6.07, 6.45) is 1.71. The number of carbonyl (C=O) groups is 1. The van der Waals surface area contributed by atoms with Crippen LogP contribution in [0.3, 0.4) is 0 Å². The van der Waals surface area contributed by atoms with Gasteiger partial charge in [-0.05, 0) is 41.1 Å². The van der Waals surface area contributed by atoms with Gasteiger partial charge in [-0.15, -0.1) is 0 Å². The largest absolute Gasteiger partial charge is 0.454 e. The minimum absolute atomic E-state index is 0.207. The fourth-order valence-electron chi connectivity index (χ4n) is 2.06. The normalized spacial score (nSPS) is 16.8. The van der Waals surface area contributed by atoms with Gasteiger partial charge in [0.25, 0.3) is 0 Å². The summed E-state index contributed by atoms with van der Waals surface area (Å²) in [6.45, 7) is 1.87. The quantitative estimate of drug-likeness (QED) is 0.885. The summed E-state index contributed by atoms with van der Waals surface area (Å²) in [4.78, 5) is 15.7. The number of carbonyl (C=O) groups excluding carboxylic acids is 1. The van der Waals surface area contributed by atoms with E-state index in [1.807, 2.05) is 13.0 Å². The molecule has 2 aromatic rings. The minimum atomic E-state index is -0.629. The molecule has 6 heteroatoms. The van der Waals surface area contributed by atoms with Crippen molar-refractivity contribution in [2.45, 2.75) is 13.0 Å². The van der Waals surface area contributed by atoms with E-state index in [0.717, 1.165) is 15.7 Å². The highest BCUT2D eigenvalue weighted by Crippen LogP contribution is 2.39. The SMILES string of the molecule is Cc1ncccc1Oc1cc2c(cc1Br)C(N)C(=O)N2. The second-order valence-corrected chi connectivity index (χ2v) is 5.38. The lowest BCUT2D eigenvalue weighted by atomic mass is 10.1. The highest BCUT2D eigenvalue weighted by atomic mass is 79.9. The Hall–Kier alpha value is -1.92. The standard InChI is InChI=1S/C14H12BrN3O2/c1-7-11(3-2-4-17-7)20-12-6-10-8(5-9(12)15)13(16)14(19)18-10/h2-6,13H,16H2,1H3,(H,18,19). The van der Waals surface area contributed by atoms with E-state index < -0.39 is 6.04 Å². The van der Waals surface area contributed by atoms with E-state index in [0.29, 0.717) is 17.2 Å². The van der Waals surface area contributed by atoms with Crippen LogP contribution in [0.2, 0.25) is 0 Å². The summed E-state index contributed by atoms with van der Waals surface area (Å²) in [6, 6.07) is 6.58. The lowest BCUT2D eigenvalue weighted by Gasteiger charge is -2.11. The first-order chi connectivity index (χ1) is 9.56. The number of halogens is 1. The maximum Gasteiger partial charge on any atom is 0.245 e. The number of nitrogens with two attached hydrogens (primary N) is 1. The van der Waals surface area contributed by atoms with E-state index in [1.54, 1.807) is 24.4 Å². The van der Waals surface area contributed by atoms with Gasteiger partial charge in [-0.2, -0.15) is 0 Å². The molecule has 1 aromatic heterocycles. The van der Waals surface area contributed by atoms with Crippen LogP contribution in [0.4, 0.5) is 5.69 Å². The van der Waals surface area contributed by atoms with Gasteiger partial charge in [-0.3, -0.25) is 9.78 Å². The summed E-state index contributed by atoms with van der Waals surface area (Å²) in [7, 11) is 0. The number of nitrogens with zero attached hydrogens (tertiary/aromatic N) is 1. The molecule has 1 aromatic carbocycles. The van der Waals surface area contributed by atoms with Crippen molar-refractivity contribution < 1.29 is 9.53 Å². The Morgan fingerprint density at radius 1 is 1.40 bits per heavy atom. The zero-order valence-corrected chi connectivity index (χ0v) is 12.3. The van der Waals surface area contributed by atoms with Crippen LogP contribution >= 0.6 is 15.9 Å². The molecule has 102 valence electrons. The van der Waals surface area contributed by atoms with Crippen molar-refractivity contribution in [1.82, 2.24) is 4.98 Å². The number of aryl methyl sites for hydroxylation is 1. The van der Waals surface area contributed by atoms with Crippen molar-refractivity contribution in [2.75, 3.05) is 5.32 Å². The molecule has 1 aliphatic rings. The number of ether oxygens (including phenoxy) is 1. The molecule has 0 saturated heterocycles. The van der Waals surface area contributed by atoms with Crippen molar-refractivity contribution in [3.63, 3.8) is 0 Å². The van der Waals surface area contributed by atoms with Gasteiger partial charge < -0.3 is 15.8 Å². The fourth-order valence-corrected chi connectivity index (χ4v) is 2.50. The van der Waals surface area contributed by atoms with E-state index in [4.69, 9.17) is 10.5 Å². The van der Waals surface area contributed by atoms with Crippen molar-refractivity contribution in [1.29, 1.82) is 0 Å². The molecule has 1 amide bonds. The van der Waals surface area contributed by atoms with Crippen LogP contribution < -0.4 is 15.8 Å². The fraction of sp³-hybridized carbons (Fsp3) is 0.143. The number of nitrogens with one attached hydrogen (secondary N) is 1. The van der Waals surface area contributed by atoms with Gasteiger partial charge in [0.1, 0.15) is 17.5 Å². The number of pyridine rings is 1. The molecule has 0 radical (unpaired) electrons. The number of amides is 1. The third-order valence-electron chi connectivity index (χ3n) is 3.16. The van der Waals surface area contributed by atoms with E-state index in [-0.39, 0.29) is 5.91 Å². The summed E-state index contributed by atoms with van der Waals surface area (Å²) in [5.74, 6) is 1.07. The Bertz CT molecular complexity index is 703. The summed E-state index contributed by atoms with van der Waals surface area (Å²) in [5.41, 5.74) is 8.04.